The van der Waals surface area contributed by atoms with Crippen molar-refractivity contribution in [3.63, 3.8) is 0 Å². The van der Waals surface area contributed by atoms with Crippen LogP contribution in [-0.2, 0) is 9.47 Å². The predicted molar refractivity (Wildman–Crippen MR) is 70.6 cm³/mol. The van der Waals surface area contributed by atoms with Crippen molar-refractivity contribution in [2.45, 2.75) is 38.4 Å². The molecule has 0 spiro atoms. The second-order valence-electron chi connectivity index (χ2n) is 4.77. The molecule has 1 atom stereocenters. The standard InChI is InChI=1S/C15H20F2O3/c16-12-6-5-7-13(15(12)17)18-9-3-4-11-20-14-8-1-2-10-19-14/h5-7,14H,1-4,8-11H2. The van der Waals surface area contributed by atoms with Gasteiger partial charge in [-0.1, -0.05) is 6.07 Å². The normalized spacial score (nSPS) is 19.0. The number of ether oxygens (including phenoxy) is 3. The molecule has 0 N–H and O–H groups in total. The van der Waals surface area contributed by atoms with Crippen LogP contribution in [0.4, 0.5) is 8.78 Å². The molecule has 1 aromatic rings. The molecule has 20 heavy (non-hydrogen) atoms. The molecule has 2 rings (SSSR count). The third-order valence-corrected chi connectivity index (χ3v) is 3.15. The zero-order valence-corrected chi connectivity index (χ0v) is 11.4. The van der Waals surface area contributed by atoms with Crippen molar-refractivity contribution in [2.75, 3.05) is 19.8 Å². The first kappa shape index (κ1) is 15.2. The van der Waals surface area contributed by atoms with E-state index >= 15 is 0 Å². The molecule has 1 heterocycles. The van der Waals surface area contributed by atoms with Crippen LogP contribution in [0.3, 0.4) is 0 Å². The first-order valence-corrected chi connectivity index (χ1v) is 7.07. The lowest BCUT2D eigenvalue weighted by Crippen LogP contribution is -2.22. The van der Waals surface area contributed by atoms with E-state index in [1.165, 1.54) is 12.1 Å². The number of unbranched alkanes of at least 4 members (excludes halogenated alkanes) is 1. The van der Waals surface area contributed by atoms with Crippen LogP contribution in [0.5, 0.6) is 5.75 Å². The fourth-order valence-electron chi connectivity index (χ4n) is 2.04. The Morgan fingerprint density at radius 3 is 2.80 bits per heavy atom. The molecule has 0 amide bonds. The zero-order valence-electron chi connectivity index (χ0n) is 11.4. The molecule has 0 bridgehead atoms. The number of hydrogen-bond donors (Lipinski definition) is 0. The SMILES string of the molecule is Fc1cccc(OCCCCOC2CCCCO2)c1F. The van der Waals surface area contributed by atoms with Crippen LogP contribution in [0, 0.1) is 11.6 Å². The van der Waals surface area contributed by atoms with Gasteiger partial charge in [0.15, 0.2) is 17.9 Å². The molecular weight excluding hydrogens is 266 g/mol. The Labute approximate surface area is 117 Å². The molecule has 3 nitrogen and oxygen atoms in total. The Balaban J connectivity index is 1.56. The molecule has 0 aliphatic carbocycles. The molecule has 0 aromatic heterocycles. The summed E-state index contributed by atoms with van der Waals surface area (Å²) in [5.41, 5.74) is 0. The summed E-state index contributed by atoms with van der Waals surface area (Å²) >= 11 is 0. The molecule has 112 valence electrons. The summed E-state index contributed by atoms with van der Waals surface area (Å²) in [6, 6.07) is 3.92. The largest absolute Gasteiger partial charge is 0.490 e. The van der Waals surface area contributed by atoms with Gasteiger partial charge in [0.05, 0.1) is 6.61 Å². The average molecular weight is 286 g/mol. The highest BCUT2D eigenvalue weighted by Crippen LogP contribution is 2.19. The fourth-order valence-corrected chi connectivity index (χ4v) is 2.04. The second kappa shape index (κ2) is 8.17. The summed E-state index contributed by atoms with van der Waals surface area (Å²) < 4.78 is 42.4. The van der Waals surface area contributed by atoms with Crippen molar-refractivity contribution in [1.82, 2.24) is 0 Å². The Bertz CT molecular complexity index is 406. The molecule has 1 saturated heterocycles. The first-order chi connectivity index (χ1) is 9.77. The molecule has 1 unspecified atom stereocenters. The van der Waals surface area contributed by atoms with Crippen molar-refractivity contribution >= 4 is 0 Å². The van der Waals surface area contributed by atoms with Crippen LogP contribution in [0.1, 0.15) is 32.1 Å². The van der Waals surface area contributed by atoms with Crippen LogP contribution in [0.2, 0.25) is 0 Å². The Kier molecular flexibility index (Phi) is 6.21. The summed E-state index contributed by atoms with van der Waals surface area (Å²) in [4.78, 5) is 0. The summed E-state index contributed by atoms with van der Waals surface area (Å²) in [6.45, 7) is 1.71. The number of halogens is 2. The fraction of sp³-hybridized carbons (Fsp3) is 0.600. The van der Waals surface area contributed by atoms with Crippen molar-refractivity contribution in [1.29, 1.82) is 0 Å². The van der Waals surface area contributed by atoms with Gasteiger partial charge in [0.2, 0.25) is 5.82 Å². The monoisotopic (exact) mass is 286 g/mol. The van der Waals surface area contributed by atoms with Crippen molar-refractivity contribution in [2.24, 2.45) is 0 Å². The van der Waals surface area contributed by atoms with Crippen LogP contribution < -0.4 is 4.74 Å². The third kappa shape index (κ3) is 4.72. The minimum Gasteiger partial charge on any atom is -0.490 e. The lowest BCUT2D eigenvalue weighted by molar-refractivity contribution is -0.162. The molecule has 1 fully saturated rings. The van der Waals surface area contributed by atoms with E-state index in [2.05, 4.69) is 0 Å². The molecule has 1 aromatic carbocycles. The maximum Gasteiger partial charge on any atom is 0.200 e. The summed E-state index contributed by atoms with van der Waals surface area (Å²) in [6.07, 6.45) is 4.65. The highest BCUT2D eigenvalue weighted by atomic mass is 19.2. The highest BCUT2D eigenvalue weighted by Gasteiger charge is 2.13. The van der Waals surface area contributed by atoms with E-state index < -0.39 is 11.6 Å². The first-order valence-electron chi connectivity index (χ1n) is 7.07. The molecule has 1 aliphatic heterocycles. The maximum atomic E-state index is 13.3. The van der Waals surface area contributed by atoms with Gasteiger partial charge in [-0.05, 0) is 44.2 Å². The van der Waals surface area contributed by atoms with E-state index in [4.69, 9.17) is 14.2 Å². The van der Waals surface area contributed by atoms with Crippen LogP contribution in [-0.4, -0.2) is 26.1 Å². The molecule has 0 saturated carbocycles. The van der Waals surface area contributed by atoms with Crippen LogP contribution in [0.15, 0.2) is 18.2 Å². The van der Waals surface area contributed by atoms with Crippen LogP contribution in [0.25, 0.3) is 0 Å². The van der Waals surface area contributed by atoms with Gasteiger partial charge in [-0.15, -0.1) is 0 Å². The van der Waals surface area contributed by atoms with E-state index in [0.717, 1.165) is 44.8 Å². The quantitative estimate of drug-likeness (QED) is 0.716. The maximum absolute atomic E-state index is 13.3. The minimum absolute atomic E-state index is 0.0402. The van der Waals surface area contributed by atoms with Gasteiger partial charge in [-0.25, -0.2) is 4.39 Å². The van der Waals surface area contributed by atoms with Gasteiger partial charge >= 0.3 is 0 Å². The smallest absolute Gasteiger partial charge is 0.200 e. The van der Waals surface area contributed by atoms with Crippen molar-refractivity contribution in [3.8, 4) is 5.75 Å². The van der Waals surface area contributed by atoms with E-state index in [1.54, 1.807) is 0 Å². The summed E-state index contributed by atoms with van der Waals surface area (Å²) in [7, 11) is 0. The number of rotatable bonds is 7. The van der Waals surface area contributed by atoms with E-state index in [-0.39, 0.29) is 12.0 Å². The van der Waals surface area contributed by atoms with Gasteiger partial charge in [0, 0.05) is 13.2 Å². The van der Waals surface area contributed by atoms with E-state index in [9.17, 15) is 8.78 Å². The summed E-state index contributed by atoms with van der Waals surface area (Å²) in [5, 5.41) is 0. The molecule has 0 radical (unpaired) electrons. The zero-order chi connectivity index (χ0) is 14.2. The third-order valence-electron chi connectivity index (χ3n) is 3.15. The summed E-state index contributed by atoms with van der Waals surface area (Å²) in [5.74, 6) is -1.86. The molecular formula is C15H20F2O3. The minimum atomic E-state index is -0.931. The Hall–Kier alpha value is -1.20. The Morgan fingerprint density at radius 2 is 2.00 bits per heavy atom. The highest BCUT2D eigenvalue weighted by molar-refractivity contribution is 5.24. The average Bonchev–Trinajstić information content (AvgIpc) is 2.48. The number of hydrogen-bond acceptors (Lipinski definition) is 3. The van der Waals surface area contributed by atoms with Crippen molar-refractivity contribution in [3.05, 3.63) is 29.8 Å². The Morgan fingerprint density at radius 1 is 1.15 bits per heavy atom. The van der Waals surface area contributed by atoms with Gasteiger partial charge in [-0.2, -0.15) is 4.39 Å². The second-order valence-corrected chi connectivity index (χ2v) is 4.77. The van der Waals surface area contributed by atoms with Gasteiger partial charge in [0.25, 0.3) is 0 Å². The topological polar surface area (TPSA) is 27.7 Å². The lowest BCUT2D eigenvalue weighted by Gasteiger charge is -2.22. The lowest BCUT2D eigenvalue weighted by atomic mass is 10.2. The molecule has 1 aliphatic rings. The van der Waals surface area contributed by atoms with Gasteiger partial charge < -0.3 is 14.2 Å². The number of benzene rings is 1. The van der Waals surface area contributed by atoms with Gasteiger partial charge in [-0.3, -0.25) is 0 Å². The molecule has 5 heteroatoms. The van der Waals surface area contributed by atoms with Crippen molar-refractivity contribution < 1.29 is 23.0 Å². The van der Waals surface area contributed by atoms with Crippen LogP contribution >= 0.6 is 0 Å². The predicted octanol–water partition coefficient (Wildman–Crippen LogP) is 3.67. The van der Waals surface area contributed by atoms with Gasteiger partial charge in [0.1, 0.15) is 0 Å². The van der Waals surface area contributed by atoms with E-state index in [1.807, 2.05) is 0 Å². The van der Waals surface area contributed by atoms with E-state index in [0.29, 0.717) is 13.2 Å².